The summed E-state index contributed by atoms with van der Waals surface area (Å²) in [6.07, 6.45) is 0. The van der Waals surface area contributed by atoms with Gasteiger partial charge in [-0.2, -0.15) is 0 Å². The number of tetrazole rings is 1. The molecule has 152 valence electrons. The summed E-state index contributed by atoms with van der Waals surface area (Å²) >= 11 is 3.53. The number of rotatable bonds is 8. The van der Waals surface area contributed by atoms with E-state index in [2.05, 4.69) is 42.1 Å². The molecule has 1 amide bonds. The predicted molar refractivity (Wildman–Crippen MR) is 112 cm³/mol. The largest absolute Gasteiger partial charge is 0.493 e. The number of ether oxygens (including phenoxy) is 2. The summed E-state index contributed by atoms with van der Waals surface area (Å²) in [6.45, 7) is 2.32. The summed E-state index contributed by atoms with van der Waals surface area (Å²) in [5.74, 6) is 1.27. The summed E-state index contributed by atoms with van der Waals surface area (Å²) < 4.78 is 13.4. The zero-order valence-corrected chi connectivity index (χ0v) is 17.9. The van der Waals surface area contributed by atoms with Gasteiger partial charge in [-0.15, -0.1) is 0 Å². The van der Waals surface area contributed by atoms with Crippen LogP contribution in [0.1, 0.15) is 11.1 Å². The molecule has 2 N–H and O–H groups in total. The third-order valence-corrected chi connectivity index (χ3v) is 4.82. The number of benzene rings is 2. The number of amides is 1. The maximum Gasteiger partial charge on any atom is 0.262 e. The van der Waals surface area contributed by atoms with Crippen molar-refractivity contribution in [2.24, 2.45) is 7.05 Å². The smallest absolute Gasteiger partial charge is 0.262 e. The molecule has 0 bridgehead atoms. The van der Waals surface area contributed by atoms with Gasteiger partial charge in [0.25, 0.3) is 5.91 Å². The summed E-state index contributed by atoms with van der Waals surface area (Å²) in [5, 5.41) is 17.2. The number of aryl methyl sites for hydroxylation is 2. The molecule has 0 aliphatic rings. The molecule has 1 heterocycles. The lowest BCUT2D eigenvalue weighted by Gasteiger charge is -2.14. The van der Waals surface area contributed by atoms with Crippen molar-refractivity contribution < 1.29 is 14.3 Å². The Bertz CT molecular complexity index is 990. The average molecular weight is 461 g/mol. The van der Waals surface area contributed by atoms with E-state index >= 15 is 0 Å². The molecule has 1 aromatic heterocycles. The predicted octanol–water partition coefficient (Wildman–Crippen LogP) is 2.92. The van der Waals surface area contributed by atoms with Gasteiger partial charge in [-0.05, 0) is 47.2 Å². The highest BCUT2D eigenvalue weighted by atomic mass is 79.9. The first-order chi connectivity index (χ1) is 14.0. The highest BCUT2D eigenvalue weighted by Crippen LogP contribution is 2.34. The molecular weight excluding hydrogens is 440 g/mol. The topological polar surface area (TPSA) is 103 Å². The lowest BCUT2D eigenvalue weighted by atomic mass is 10.2. The van der Waals surface area contributed by atoms with Crippen molar-refractivity contribution in [3.8, 4) is 11.5 Å². The van der Waals surface area contributed by atoms with Gasteiger partial charge >= 0.3 is 0 Å². The van der Waals surface area contributed by atoms with Gasteiger partial charge in [0.05, 0.1) is 7.11 Å². The summed E-state index contributed by atoms with van der Waals surface area (Å²) in [4.78, 5) is 12.2. The molecule has 3 rings (SSSR count). The Balaban J connectivity index is 1.63. The minimum absolute atomic E-state index is 0.140. The summed E-state index contributed by atoms with van der Waals surface area (Å²) in [6, 6.07) is 11.1. The minimum Gasteiger partial charge on any atom is -0.493 e. The molecule has 29 heavy (non-hydrogen) atoms. The van der Waals surface area contributed by atoms with Gasteiger partial charge in [-0.25, -0.2) is 4.68 Å². The van der Waals surface area contributed by atoms with E-state index in [0.717, 1.165) is 21.3 Å². The number of hydrogen-bond donors (Lipinski definition) is 2. The first-order valence-corrected chi connectivity index (χ1v) is 9.57. The van der Waals surface area contributed by atoms with Gasteiger partial charge in [0.15, 0.2) is 18.1 Å². The van der Waals surface area contributed by atoms with E-state index in [1.807, 2.05) is 37.3 Å². The highest BCUT2D eigenvalue weighted by Gasteiger charge is 2.13. The van der Waals surface area contributed by atoms with Gasteiger partial charge in [0.2, 0.25) is 5.95 Å². The molecule has 0 unspecified atom stereocenters. The molecule has 0 aliphatic carbocycles. The molecule has 0 saturated heterocycles. The van der Waals surface area contributed by atoms with Crippen molar-refractivity contribution in [2.45, 2.75) is 13.5 Å². The number of aromatic nitrogens is 4. The van der Waals surface area contributed by atoms with E-state index in [1.54, 1.807) is 20.2 Å². The third-order valence-electron chi connectivity index (χ3n) is 4.08. The first-order valence-electron chi connectivity index (χ1n) is 8.78. The number of hydrogen-bond acceptors (Lipinski definition) is 7. The van der Waals surface area contributed by atoms with Crippen LogP contribution in [-0.2, 0) is 18.4 Å². The van der Waals surface area contributed by atoms with Crippen LogP contribution in [0.3, 0.4) is 0 Å². The van der Waals surface area contributed by atoms with Crippen molar-refractivity contribution in [2.75, 3.05) is 24.4 Å². The number of halogens is 1. The number of anilines is 2. The van der Waals surface area contributed by atoms with E-state index in [1.165, 1.54) is 4.68 Å². The fourth-order valence-corrected chi connectivity index (χ4v) is 2.98. The van der Waals surface area contributed by atoms with Gasteiger partial charge in [0.1, 0.15) is 0 Å². The van der Waals surface area contributed by atoms with E-state index in [4.69, 9.17) is 9.47 Å². The number of nitrogens with zero attached hydrogens (tertiary/aromatic N) is 4. The lowest BCUT2D eigenvalue weighted by Crippen LogP contribution is -2.20. The minimum atomic E-state index is -0.257. The van der Waals surface area contributed by atoms with E-state index in [9.17, 15) is 4.79 Å². The molecule has 3 aromatic rings. The molecule has 0 fully saturated rings. The summed E-state index contributed by atoms with van der Waals surface area (Å²) in [7, 11) is 3.29. The van der Waals surface area contributed by atoms with Crippen LogP contribution in [0.5, 0.6) is 11.5 Å². The molecular formula is C19H21BrN6O3. The molecule has 0 radical (unpaired) electrons. The fraction of sp³-hybridized carbons (Fsp3) is 0.263. The van der Waals surface area contributed by atoms with Crippen LogP contribution in [0.2, 0.25) is 0 Å². The van der Waals surface area contributed by atoms with Gasteiger partial charge in [-0.1, -0.05) is 38.7 Å². The lowest BCUT2D eigenvalue weighted by molar-refractivity contribution is -0.118. The second-order valence-electron chi connectivity index (χ2n) is 6.28. The van der Waals surface area contributed by atoms with Gasteiger partial charge in [0, 0.05) is 23.8 Å². The zero-order chi connectivity index (χ0) is 20.8. The van der Waals surface area contributed by atoms with Crippen LogP contribution in [-0.4, -0.2) is 39.8 Å². The number of methoxy groups -OCH3 is 1. The molecule has 9 nitrogen and oxygen atoms in total. The van der Waals surface area contributed by atoms with Crippen molar-refractivity contribution in [1.29, 1.82) is 0 Å². The first kappa shape index (κ1) is 20.6. The average Bonchev–Trinajstić information content (AvgIpc) is 3.12. The standard InChI is InChI=1S/C19H21BrN6O3/c1-12-4-6-14(7-5-12)22-18(27)11-29-17-9-15(20)13(8-16(17)28-3)10-21-19-23-24-25-26(19)2/h4-9H,10-11H2,1-3H3,(H,22,27)(H,21,23,25). The molecule has 0 atom stereocenters. The van der Waals surface area contributed by atoms with Gasteiger partial charge < -0.3 is 20.1 Å². The van der Waals surface area contributed by atoms with Crippen molar-refractivity contribution in [3.05, 3.63) is 52.0 Å². The maximum absolute atomic E-state index is 12.2. The quantitative estimate of drug-likeness (QED) is 0.532. The monoisotopic (exact) mass is 460 g/mol. The molecule has 0 saturated carbocycles. The summed E-state index contributed by atoms with van der Waals surface area (Å²) in [5.41, 5.74) is 2.76. The van der Waals surface area contributed by atoms with Crippen molar-refractivity contribution in [3.63, 3.8) is 0 Å². The maximum atomic E-state index is 12.2. The number of carbonyl (C=O) groups is 1. The Morgan fingerprint density at radius 2 is 1.97 bits per heavy atom. The van der Waals surface area contributed by atoms with Crippen molar-refractivity contribution >= 4 is 33.5 Å². The molecule has 0 spiro atoms. The molecule has 10 heteroatoms. The molecule has 2 aromatic carbocycles. The van der Waals surface area contributed by atoms with Crippen molar-refractivity contribution in [1.82, 2.24) is 20.2 Å². The second-order valence-corrected chi connectivity index (χ2v) is 7.13. The Hall–Kier alpha value is -3.14. The van der Waals surface area contributed by atoms with Crippen LogP contribution in [0.15, 0.2) is 40.9 Å². The number of carbonyl (C=O) groups excluding carboxylic acids is 1. The normalized spacial score (nSPS) is 10.5. The second kappa shape index (κ2) is 9.37. The molecule has 0 aliphatic heterocycles. The van der Waals surface area contributed by atoms with Crippen LogP contribution >= 0.6 is 15.9 Å². The van der Waals surface area contributed by atoms with Crippen LogP contribution in [0.4, 0.5) is 11.6 Å². The highest BCUT2D eigenvalue weighted by molar-refractivity contribution is 9.10. The Kier molecular flexibility index (Phi) is 6.65. The third kappa shape index (κ3) is 5.44. The fourth-order valence-electron chi connectivity index (χ4n) is 2.52. The van der Waals surface area contributed by atoms with E-state index in [0.29, 0.717) is 24.0 Å². The SMILES string of the molecule is COc1cc(CNc2nnnn2C)c(Br)cc1OCC(=O)Nc1ccc(C)cc1. The number of nitrogens with one attached hydrogen (secondary N) is 2. The van der Waals surface area contributed by atoms with Crippen LogP contribution in [0, 0.1) is 6.92 Å². The Morgan fingerprint density at radius 3 is 2.62 bits per heavy atom. The zero-order valence-electron chi connectivity index (χ0n) is 16.3. The Labute approximate surface area is 176 Å². The van der Waals surface area contributed by atoms with E-state index < -0.39 is 0 Å². The Morgan fingerprint density at radius 1 is 1.21 bits per heavy atom. The van der Waals surface area contributed by atoms with Crippen LogP contribution in [0.25, 0.3) is 0 Å². The van der Waals surface area contributed by atoms with Gasteiger partial charge in [-0.3, -0.25) is 4.79 Å². The van der Waals surface area contributed by atoms with E-state index in [-0.39, 0.29) is 12.5 Å². The van der Waals surface area contributed by atoms with Crippen LogP contribution < -0.4 is 20.1 Å².